The molecule has 6 heteroatoms. The first-order valence-electron chi connectivity index (χ1n) is 7.96. The molecule has 23 heavy (non-hydrogen) atoms. The normalized spacial score (nSPS) is 15.7. The van der Waals surface area contributed by atoms with E-state index in [1.54, 1.807) is 14.2 Å². The fourth-order valence-corrected chi connectivity index (χ4v) is 3.49. The van der Waals surface area contributed by atoms with Crippen LogP contribution in [0.5, 0.6) is 11.5 Å². The number of hydrogen-bond acceptors (Lipinski definition) is 5. The van der Waals surface area contributed by atoms with E-state index < -0.39 is 0 Å². The van der Waals surface area contributed by atoms with Gasteiger partial charge in [-0.1, -0.05) is 19.3 Å². The summed E-state index contributed by atoms with van der Waals surface area (Å²) in [6.07, 6.45) is 6.23. The van der Waals surface area contributed by atoms with E-state index >= 15 is 0 Å². The minimum absolute atomic E-state index is 0.252. The van der Waals surface area contributed by atoms with E-state index in [2.05, 4.69) is 21.9 Å². The SMILES string of the molecule is COc1cc2nc(Cl)nc(N(C)C3CCCCC3)c2cc1OC. The van der Waals surface area contributed by atoms with E-state index in [9.17, 15) is 0 Å². The van der Waals surface area contributed by atoms with Crippen molar-refractivity contribution >= 4 is 28.3 Å². The zero-order chi connectivity index (χ0) is 16.4. The van der Waals surface area contributed by atoms with Crippen LogP contribution in [0.25, 0.3) is 10.9 Å². The number of hydrogen-bond donors (Lipinski definition) is 0. The lowest BCUT2D eigenvalue weighted by Gasteiger charge is -2.32. The molecule has 0 spiro atoms. The Labute approximate surface area is 141 Å². The van der Waals surface area contributed by atoms with Crippen LogP contribution in [0.3, 0.4) is 0 Å². The number of ether oxygens (including phenoxy) is 2. The number of aromatic nitrogens is 2. The predicted molar refractivity (Wildman–Crippen MR) is 92.9 cm³/mol. The second-order valence-corrected chi connectivity index (χ2v) is 6.28. The predicted octanol–water partition coefficient (Wildman–Crippen LogP) is 4.07. The Bertz CT molecular complexity index is 702. The molecule has 0 aliphatic heterocycles. The van der Waals surface area contributed by atoms with E-state index in [1.807, 2.05) is 12.1 Å². The van der Waals surface area contributed by atoms with E-state index in [0.717, 1.165) is 16.7 Å². The van der Waals surface area contributed by atoms with Crippen LogP contribution < -0.4 is 14.4 Å². The summed E-state index contributed by atoms with van der Waals surface area (Å²) in [4.78, 5) is 11.1. The van der Waals surface area contributed by atoms with Gasteiger partial charge in [-0.15, -0.1) is 0 Å². The monoisotopic (exact) mass is 335 g/mol. The molecule has 0 radical (unpaired) electrons. The molecule has 124 valence electrons. The molecule has 1 aliphatic rings. The second-order valence-electron chi connectivity index (χ2n) is 5.94. The number of fused-ring (bicyclic) bond motifs is 1. The third-order valence-corrected chi connectivity index (χ3v) is 4.78. The standard InChI is InChI=1S/C17H22ClN3O2/c1-21(11-7-5-4-6-8-11)16-12-9-14(22-2)15(23-3)10-13(12)19-17(18)20-16/h9-11H,4-8H2,1-3H3. The maximum atomic E-state index is 6.16. The summed E-state index contributed by atoms with van der Waals surface area (Å²) < 4.78 is 10.8. The summed E-state index contributed by atoms with van der Waals surface area (Å²) in [6.45, 7) is 0. The molecule has 0 unspecified atom stereocenters. The lowest BCUT2D eigenvalue weighted by atomic mass is 9.94. The average molecular weight is 336 g/mol. The molecule has 1 fully saturated rings. The first-order chi connectivity index (χ1) is 11.1. The Morgan fingerprint density at radius 2 is 1.70 bits per heavy atom. The minimum Gasteiger partial charge on any atom is -0.493 e. The summed E-state index contributed by atoms with van der Waals surface area (Å²) in [5.41, 5.74) is 0.764. The van der Waals surface area contributed by atoms with Crippen LogP contribution in [-0.2, 0) is 0 Å². The maximum absolute atomic E-state index is 6.16. The highest BCUT2D eigenvalue weighted by molar-refractivity contribution is 6.28. The van der Waals surface area contributed by atoms with Gasteiger partial charge in [0.1, 0.15) is 5.82 Å². The second kappa shape index (κ2) is 6.79. The third kappa shape index (κ3) is 3.15. The molecule has 0 atom stereocenters. The summed E-state index contributed by atoms with van der Waals surface area (Å²) in [5.74, 6) is 2.16. The van der Waals surface area contributed by atoms with Gasteiger partial charge >= 0.3 is 0 Å². The van der Waals surface area contributed by atoms with Gasteiger partial charge in [-0.2, -0.15) is 4.98 Å². The van der Waals surface area contributed by atoms with Gasteiger partial charge in [0.15, 0.2) is 11.5 Å². The van der Waals surface area contributed by atoms with Crippen molar-refractivity contribution in [3.8, 4) is 11.5 Å². The number of anilines is 1. The third-order valence-electron chi connectivity index (χ3n) is 4.61. The van der Waals surface area contributed by atoms with Crippen molar-refractivity contribution in [2.75, 3.05) is 26.2 Å². The van der Waals surface area contributed by atoms with Crippen molar-refractivity contribution in [2.24, 2.45) is 0 Å². The Morgan fingerprint density at radius 1 is 1.04 bits per heavy atom. The lowest BCUT2D eigenvalue weighted by Crippen LogP contribution is -2.34. The van der Waals surface area contributed by atoms with Crippen LogP contribution in [0.4, 0.5) is 5.82 Å². The molecule has 0 amide bonds. The van der Waals surface area contributed by atoms with Gasteiger partial charge in [-0.05, 0) is 30.5 Å². The van der Waals surface area contributed by atoms with Gasteiger partial charge < -0.3 is 14.4 Å². The zero-order valence-electron chi connectivity index (χ0n) is 13.8. The number of halogens is 1. The molecule has 2 aromatic rings. The summed E-state index contributed by atoms with van der Waals surface area (Å²) in [7, 11) is 5.33. The van der Waals surface area contributed by atoms with Crippen molar-refractivity contribution in [1.82, 2.24) is 9.97 Å². The lowest BCUT2D eigenvalue weighted by molar-refractivity contribution is 0.355. The van der Waals surface area contributed by atoms with Crippen LogP contribution in [0, 0.1) is 0 Å². The van der Waals surface area contributed by atoms with Gasteiger partial charge in [-0.25, -0.2) is 4.98 Å². The fraction of sp³-hybridized carbons (Fsp3) is 0.529. The van der Waals surface area contributed by atoms with Crippen LogP contribution >= 0.6 is 11.6 Å². The molecule has 1 heterocycles. The van der Waals surface area contributed by atoms with Crippen molar-refractivity contribution in [2.45, 2.75) is 38.1 Å². The number of rotatable bonds is 4. The highest BCUT2D eigenvalue weighted by Crippen LogP contribution is 2.37. The summed E-state index contributed by atoms with van der Waals surface area (Å²) in [5, 5.41) is 1.18. The van der Waals surface area contributed by atoms with Gasteiger partial charge in [0.2, 0.25) is 5.28 Å². The molecule has 5 nitrogen and oxygen atoms in total. The van der Waals surface area contributed by atoms with Crippen molar-refractivity contribution in [1.29, 1.82) is 0 Å². The van der Waals surface area contributed by atoms with Crippen molar-refractivity contribution < 1.29 is 9.47 Å². The molecular weight excluding hydrogens is 314 g/mol. The van der Waals surface area contributed by atoms with Crippen LogP contribution in [0.15, 0.2) is 12.1 Å². The first-order valence-corrected chi connectivity index (χ1v) is 8.34. The zero-order valence-corrected chi connectivity index (χ0v) is 14.6. The largest absolute Gasteiger partial charge is 0.493 e. The van der Waals surface area contributed by atoms with E-state index in [4.69, 9.17) is 21.1 Å². The molecular formula is C17H22ClN3O2. The number of benzene rings is 1. The van der Waals surface area contributed by atoms with Crippen molar-refractivity contribution in [3.05, 3.63) is 17.4 Å². The molecule has 3 rings (SSSR count). The number of methoxy groups -OCH3 is 2. The van der Waals surface area contributed by atoms with E-state index in [0.29, 0.717) is 17.5 Å². The Hall–Kier alpha value is -1.75. The Balaban J connectivity index is 2.11. The molecule has 1 saturated carbocycles. The van der Waals surface area contributed by atoms with Crippen LogP contribution in [0.2, 0.25) is 5.28 Å². The first kappa shape index (κ1) is 16.1. The highest BCUT2D eigenvalue weighted by Gasteiger charge is 2.22. The maximum Gasteiger partial charge on any atom is 0.224 e. The molecule has 0 bridgehead atoms. The van der Waals surface area contributed by atoms with Gasteiger partial charge in [0.25, 0.3) is 0 Å². The smallest absolute Gasteiger partial charge is 0.224 e. The quantitative estimate of drug-likeness (QED) is 0.788. The topological polar surface area (TPSA) is 47.5 Å². The molecule has 1 aliphatic carbocycles. The minimum atomic E-state index is 0.252. The van der Waals surface area contributed by atoms with E-state index in [-0.39, 0.29) is 5.28 Å². The van der Waals surface area contributed by atoms with E-state index in [1.165, 1.54) is 32.1 Å². The average Bonchev–Trinajstić information content (AvgIpc) is 2.59. The molecule has 0 N–H and O–H groups in total. The molecule has 1 aromatic heterocycles. The highest BCUT2D eigenvalue weighted by atomic mass is 35.5. The molecule has 0 saturated heterocycles. The van der Waals surface area contributed by atoms with Gasteiger partial charge in [0, 0.05) is 24.5 Å². The summed E-state index contributed by atoms with van der Waals surface area (Å²) in [6, 6.07) is 4.27. The number of nitrogens with zero attached hydrogens (tertiary/aromatic N) is 3. The summed E-state index contributed by atoms with van der Waals surface area (Å²) >= 11 is 6.16. The van der Waals surface area contributed by atoms with Crippen LogP contribution in [-0.4, -0.2) is 37.3 Å². The van der Waals surface area contributed by atoms with Crippen molar-refractivity contribution in [3.63, 3.8) is 0 Å². The Kier molecular flexibility index (Phi) is 4.76. The van der Waals surface area contributed by atoms with Gasteiger partial charge in [-0.3, -0.25) is 0 Å². The van der Waals surface area contributed by atoms with Crippen LogP contribution in [0.1, 0.15) is 32.1 Å². The molecule has 1 aromatic carbocycles. The Morgan fingerprint density at radius 3 is 2.35 bits per heavy atom. The van der Waals surface area contributed by atoms with Gasteiger partial charge in [0.05, 0.1) is 19.7 Å². The fourth-order valence-electron chi connectivity index (χ4n) is 3.32.